The molecule has 0 radical (unpaired) electrons. The molecule has 0 unspecified atom stereocenters. The third-order valence-electron chi connectivity index (χ3n) is 5.61. The number of nitrogens with one attached hydrogen (secondary N) is 1. The molecule has 2 amide bonds. The minimum Gasteiger partial charge on any atom is -0.354 e. The predicted molar refractivity (Wildman–Crippen MR) is 149 cm³/mol. The fraction of sp³-hybridized carbons (Fsp3) is 0.310. The summed E-state index contributed by atoms with van der Waals surface area (Å²) in [5.41, 5.74) is 2.88. The average Bonchev–Trinajstić information content (AvgIpc) is 2.86. The van der Waals surface area contributed by atoms with Crippen molar-refractivity contribution in [2.24, 2.45) is 5.92 Å². The Morgan fingerprint density at radius 3 is 2.31 bits per heavy atom. The van der Waals surface area contributed by atoms with Crippen LogP contribution in [0.5, 0.6) is 0 Å². The number of halogens is 2. The van der Waals surface area contributed by atoms with E-state index in [1.54, 1.807) is 17.0 Å². The van der Waals surface area contributed by atoms with Crippen LogP contribution >= 0.6 is 27.7 Å². The third kappa shape index (κ3) is 9.10. The molecule has 0 fully saturated rings. The number of hydrogen-bond donors (Lipinski definition) is 1. The number of hydrogen-bond acceptors (Lipinski definition) is 3. The number of thioether (sulfide) groups is 1. The van der Waals surface area contributed by atoms with E-state index >= 15 is 0 Å². The van der Waals surface area contributed by atoms with Crippen LogP contribution in [0.15, 0.2) is 83.3 Å². The molecule has 1 N–H and O–H groups in total. The zero-order valence-corrected chi connectivity index (χ0v) is 23.0. The smallest absolute Gasteiger partial charge is 0.243 e. The van der Waals surface area contributed by atoms with Crippen molar-refractivity contribution in [2.75, 3.05) is 12.3 Å². The maximum Gasteiger partial charge on any atom is 0.243 e. The van der Waals surface area contributed by atoms with Gasteiger partial charge in [-0.25, -0.2) is 4.39 Å². The summed E-state index contributed by atoms with van der Waals surface area (Å²) in [5.74, 6) is 0.554. The van der Waals surface area contributed by atoms with Crippen LogP contribution in [0.25, 0.3) is 0 Å². The Morgan fingerprint density at radius 1 is 0.944 bits per heavy atom. The number of benzene rings is 3. The van der Waals surface area contributed by atoms with E-state index in [4.69, 9.17) is 0 Å². The van der Waals surface area contributed by atoms with Crippen molar-refractivity contribution in [1.82, 2.24) is 10.2 Å². The van der Waals surface area contributed by atoms with E-state index in [1.165, 1.54) is 23.9 Å². The highest BCUT2D eigenvalue weighted by Gasteiger charge is 2.30. The van der Waals surface area contributed by atoms with E-state index in [9.17, 15) is 14.0 Å². The highest BCUT2D eigenvalue weighted by Crippen LogP contribution is 2.20. The standard InChI is InChI=1S/C29H32BrFN2O2S/c1-21(2)17-32-29(35)27(16-22-7-4-3-5-8-22)33(18-24-9-6-10-25(30)15-24)28(34)20-36-19-23-11-13-26(31)14-12-23/h3-15,21,27H,16-20H2,1-2H3,(H,32,35)/t27-/m1/s1. The Kier molecular flexibility index (Phi) is 11.0. The van der Waals surface area contributed by atoms with Crippen molar-refractivity contribution < 1.29 is 14.0 Å². The summed E-state index contributed by atoms with van der Waals surface area (Å²) in [5, 5.41) is 3.04. The minimum absolute atomic E-state index is 0.109. The Labute approximate surface area is 225 Å². The SMILES string of the molecule is CC(C)CNC(=O)[C@@H](Cc1ccccc1)N(Cc1cccc(Br)c1)C(=O)CSCc1ccc(F)cc1. The lowest BCUT2D eigenvalue weighted by molar-refractivity contribution is -0.139. The maximum atomic E-state index is 13.6. The minimum atomic E-state index is -0.649. The molecule has 0 heterocycles. The highest BCUT2D eigenvalue weighted by molar-refractivity contribution is 9.10. The zero-order valence-electron chi connectivity index (χ0n) is 20.6. The molecule has 3 aromatic rings. The number of carbonyl (C=O) groups is 2. The Balaban J connectivity index is 1.83. The zero-order chi connectivity index (χ0) is 25.9. The van der Waals surface area contributed by atoms with Crippen LogP contribution in [0.3, 0.4) is 0 Å². The molecule has 190 valence electrons. The van der Waals surface area contributed by atoms with Crippen LogP contribution in [0, 0.1) is 11.7 Å². The molecule has 4 nitrogen and oxygen atoms in total. The number of amides is 2. The quantitative estimate of drug-likeness (QED) is 0.280. The summed E-state index contributed by atoms with van der Waals surface area (Å²) in [6.07, 6.45) is 0.424. The van der Waals surface area contributed by atoms with Crippen molar-refractivity contribution in [2.45, 2.75) is 38.6 Å². The summed E-state index contributed by atoms with van der Waals surface area (Å²) in [6.45, 7) is 4.95. The Morgan fingerprint density at radius 2 is 1.64 bits per heavy atom. The van der Waals surface area contributed by atoms with Crippen molar-refractivity contribution in [1.29, 1.82) is 0 Å². The molecule has 3 rings (SSSR count). The molecule has 7 heteroatoms. The number of nitrogens with zero attached hydrogens (tertiary/aromatic N) is 1. The van der Waals surface area contributed by atoms with Crippen molar-refractivity contribution in [3.8, 4) is 0 Å². The molecule has 0 aromatic heterocycles. The normalized spacial score (nSPS) is 11.8. The van der Waals surface area contributed by atoms with Crippen molar-refractivity contribution in [3.63, 3.8) is 0 Å². The molecule has 0 aliphatic rings. The van der Waals surface area contributed by atoms with Gasteiger partial charge >= 0.3 is 0 Å². The molecule has 1 atom stereocenters. The van der Waals surface area contributed by atoms with E-state index in [0.29, 0.717) is 31.2 Å². The van der Waals surface area contributed by atoms with Gasteiger partial charge in [0.2, 0.25) is 11.8 Å². The van der Waals surface area contributed by atoms with Crippen LogP contribution in [-0.2, 0) is 28.3 Å². The number of carbonyl (C=O) groups excluding carboxylic acids is 2. The maximum absolute atomic E-state index is 13.6. The molecule has 36 heavy (non-hydrogen) atoms. The van der Waals surface area contributed by atoms with E-state index in [1.807, 2.05) is 68.4 Å². The highest BCUT2D eigenvalue weighted by atomic mass is 79.9. The van der Waals surface area contributed by atoms with Gasteiger partial charge in [0.15, 0.2) is 0 Å². The fourth-order valence-electron chi connectivity index (χ4n) is 3.73. The molecule has 0 saturated carbocycles. The Bertz CT molecular complexity index is 1130. The second-order valence-electron chi connectivity index (χ2n) is 9.12. The summed E-state index contributed by atoms with van der Waals surface area (Å²) in [7, 11) is 0. The summed E-state index contributed by atoms with van der Waals surface area (Å²) in [6, 6.07) is 23.2. The van der Waals surface area contributed by atoms with Crippen LogP contribution in [0.2, 0.25) is 0 Å². The van der Waals surface area contributed by atoms with Gasteiger partial charge in [-0.2, -0.15) is 0 Å². The van der Waals surface area contributed by atoms with Gasteiger partial charge in [0.05, 0.1) is 5.75 Å². The molecular weight excluding hydrogens is 539 g/mol. The fourth-order valence-corrected chi connectivity index (χ4v) is 5.05. The van der Waals surface area contributed by atoms with E-state index in [2.05, 4.69) is 21.2 Å². The molecule has 0 aliphatic heterocycles. The monoisotopic (exact) mass is 570 g/mol. The van der Waals surface area contributed by atoms with E-state index in [-0.39, 0.29) is 23.4 Å². The molecule has 0 saturated heterocycles. The van der Waals surface area contributed by atoms with Gasteiger partial charge in [0, 0.05) is 29.7 Å². The van der Waals surface area contributed by atoms with Gasteiger partial charge in [-0.3, -0.25) is 9.59 Å². The molecule has 0 aliphatic carbocycles. The topological polar surface area (TPSA) is 49.4 Å². The second-order valence-corrected chi connectivity index (χ2v) is 11.0. The van der Waals surface area contributed by atoms with Gasteiger partial charge < -0.3 is 10.2 Å². The van der Waals surface area contributed by atoms with Crippen LogP contribution in [0.4, 0.5) is 4.39 Å². The second kappa shape index (κ2) is 14.2. The summed E-state index contributed by atoms with van der Waals surface area (Å²) >= 11 is 4.97. The first-order valence-electron chi connectivity index (χ1n) is 12.0. The van der Waals surface area contributed by atoms with Crippen LogP contribution in [-0.4, -0.2) is 35.1 Å². The lowest BCUT2D eigenvalue weighted by Crippen LogP contribution is -2.51. The van der Waals surface area contributed by atoms with Crippen LogP contribution < -0.4 is 5.32 Å². The number of rotatable bonds is 12. The van der Waals surface area contributed by atoms with E-state index < -0.39 is 6.04 Å². The Hall–Kier alpha value is -2.64. The summed E-state index contributed by atoms with van der Waals surface area (Å²) < 4.78 is 14.1. The van der Waals surface area contributed by atoms with Gasteiger partial charge in [0.25, 0.3) is 0 Å². The van der Waals surface area contributed by atoms with Crippen LogP contribution in [0.1, 0.15) is 30.5 Å². The summed E-state index contributed by atoms with van der Waals surface area (Å²) in [4.78, 5) is 28.7. The van der Waals surface area contributed by atoms with E-state index in [0.717, 1.165) is 21.2 Å². The molecule has 0 spiro atoms. The lowest BCUT2D eigenvalue weighted by atomic mass is 10.0. The first-order valence-corrected chi connectivity index (χ1v) is 13.9. The lowest BCUT2D eigenvalue weighted by Gasteiger charge is -2.32. The van der Waals surface area contributed by atoms with Gasteiger partial charge in [-0.05, 0) is 46.9 Å². The predicted octanol–water partition coefficient (Wildman–Crippen LogP) is 6.23. The molecule has 0 bridgehead atoms. The first kappa shape index (κ1) is 27.9. The van der Waals surface area contributed by atoms with Gasteiger partial charge in [-0.1, -0.05) is 84.4 Å². The van der Waals surface area contributed by atoms with Crippen molar-refractivity contribution in [3.05, 3.63) is 106 Å². The largest absolute Gasteiger partial charge is 0.354 e. The third-order valence-corrected chi connectivity index (χ3v) is 7.09. The molecule has 3 aromatic carbocycles. The molecular formula is C29H32BrFN2O2S. The van der Waals surface area contributed by atoms with Gasteiger partial charge in [0.1, 0.15) is 11.9 Å². The van der Waals surface area contributed by atoms with Gasteiger partial charge in [-0.15, -0.1) is 11.8 Å². The average molecular weight is 572 g/mol. The van der Waals surface area contributed by atoms with Crippen molar-refractivity contribution >= 4 is 39.5 Å². The first-order chi connectivity index (χ1) is 17.3.